The van der Waals surface area contributed by atoms with Crippen molar-refractivity contribution in [2.45, 2.75) is 12.8 Å². The number of halogens is 1. The van der Waals surface area contributed by atoms with Crippen molar-refractivity contribution in [3.63, 3.8) is 0 Å². The Hall–Kier alpha value is -3.82. The molecular weight excluding hydrogens is 367 g/mol. The molecule has 0 aliphatic rings. The highest BCUT2D eigenvalue weighted by atomic mass is 19.1. The highest BCUT2D eigenvalue weighted by molar-refractivity contribution is 5.90. The Labute approximate surface area is 159 Å². The van der Waals surface area contributed by atoms with E-state index >= 15 is 0 Å². The normalized spacial score (nSPS) is 10.5. The maximum atomic E-state index is 14.1. The minimum absolute atomic E-state index is 0.0204. The first-order valence-electron chi connectivity index (χ1n) is 8.45. The summed E-state index contributed by atoms with van der Waals surface area (Å²) in [6.45, 7) is 0.519. The van der Waals surface area contributed by atoms with Crippen molar-refractivity contribution < 1.29 is 14.1 Å². The minimum Gasteiger partial charge on any atom is -0.385 e. The van der Waals surface area contributed by atoms with E-state index in [2.05, 4.69) is 20.7 Å². The number of carbonyl (C=O) groups excluding carboxylic acids is 1. The van der Waals surface area contributed by atoms with Crippen LogP contribution in [-0.4, -0.2) is 32.1 Å². The number of non-ortho nitro benzene ring substituents is 1. The number of nitrogens with zero attached hydrogens (tertiary/aromatic N) is 4. The quantitative estimate of drug-likeness (QED) is 0.350. The predicted molar refractivity (Wildman–Crippen MR) is 101 cm³/mol. The van der Waals surface area contributed by atoms with Crippen molar-refractivity contribution in [2.75, 3.05) is 17.2 Å². The van der Waals surface area contributed by atoms with Crippen molar-refractivity contribution in [3.05, 3.63) is 71.1 Å². The maximum Gasteiger partial charge on any atom is 0.269 e. The summed E-state index contributed by atoms with van der Waals surface area (Å²) in [6, 6.07) is 10.4. The summed E-state index contributed by atoms with van der Waals surface area (Å²) in [4.78, 5) is 25.9. The molecule has 0 saturated heterocycles. The molecule has 0 spiro atoms. The Bertz CT molecular complexity index is 960. The van der Waals surface area contributed by atoms with E-state index < -0.39 is 10.7 Å². The fourth-order valence-corrected chi connectivity index (χ4v) is 2.51. The van der Waals surface area contributed by atoms with E-state index in [9.17, 15) is 19.3 Å². The van der Waals surface area contributed by atoms with Gasteiger partial charge >= 0.3 is 0 Å². The highest BCUT2D eigenvalue weighted by Gasteiger charge is 2.09. The lowest BCUT2D eigenvalue weighted by Gasteiger charge is -2.09. The largest absolute Gasteiger partial charge is 0.385 e. The van der Waals surface area contributed by atoms with Crippen molar-refractivity contribution in [1.82, 2.24) is 14.8 Å². The molecule has 0 aliphatic heterocycles. The molecule has 9 nitrogen and oxygen atoms in total. The Morgan fingerprint density at radius 2 is 1.93 bits per heavy atom. The van der Waals surface area contributed by atoms with Gasteiger partial charge in [0, 0.05) is 36.5 Å². The molecule has 3 aromatic rings. The molecule has 2 N–H and O–H groups in total. The molecule has 1 amide bonds. The molecule has 144 valence electrons. The zero-order chi connectivity index (χ0) is 19.9. The fraction of sp³-hybridized carbons (Fsp3) is 0.167. The summed E-state index contributed by atoms with van der Waals surface area (Å²) >= 11 is 0. The minimum atomic E-state index is -0.525. The number of hydrogen-bond donors (Lipinski definition) is 2. The van der Waals surface area contributed by atoms with Crippen molar-refractivity contribution in [2.24, 2.45) is 0 Å². The van der Waals surface area contributed by atoms with Crippen LogP contribution in [0.15, 0.2) is 55.1 Å². The molecule has 0 bridgehead atoms. The van der Waals surface area contributed by atoms with Gasteiger partial charge in [-0.15, -0.1) is 0 Å². The zero-order valence-electron chi connectivity index (χ0n) is 14.7. The van der Waals surface area contributed by atoms with Crippen molar-refractivity contribution in [3.8, 4) is 5.69 Å². The van der Waals surface area contributed by atoms with Gasteiger partial charge < -0.3 is 10.6 Å². The van der Waals surface area contributed by atoms with Gasteiger partial charge in [0.1, 0.15) is 18.3 Å². The number of carbonyl (C=O) groups is 1. The van der Waals surface area contributed by atoms with Crippen LogP contribution >= 0.6 is 0 Å². The van der Waals surface area contributed by atoms with E-state index in [1.165, 1.54) is 41.6 Å². The molecule has 3 rings (SSSR count). The molecule has 0 aliphatic carbocycles. The summed E-state index contributed by atoms with van der Waals surface area (Å²) in [7, 11) is 0. The van der Waals surface area contributed by atoms with Gasteiger partial charge in [-0.3, -0.25) is 14.9 Å². The average Bonchev–Trinajstić information content (AvgIpc) is 3.20. The second-order valence-corrected chi connectivity index (χ2v) is 5.89. The maximum absolute atomic E-state index is 14.1. The molecule has 0 radical (unpaired) electrons. The lowest BCUT2D eigenvalue weighted by atomic mass is 10.2. The van der Waals surface area contributed by atoms with E-state index in [-0.39, 0.29) is 23.7 Å². The van der Waals surface area contributed by atoms with Crippen LogP contribution in [0.4, 0.5) is 21.5 Å². The third-order valence-corrected chi connectivity index (χ3v) is 3.88. The third kappa shape index (κ3) is 4.87. The van der Waals surface area contributed by atoms with Crippen molar-refractivity contribution in [1.29, 1.82) is 0 Å². The zero-order valence-corrected chi connectivity index (χ0v) is 14.7. The first-order valence-corrected chi connectivity index (χ1v) is 8.45. The van der Waals surface area contributed by atoms with Gasteiger partial charge in [-0.25, -0.2) is 14.1 Å². The van der Waals surface area contributed by atoms with Gasteiger partial charge in [0.05, 0.1) is 4.92 Å². The smallest absolute Gasteiger partial charge is 0.269 e. The summed E-state index contributed by atoms with van der Waals surface area (Å²) in [6.07, 6.45) is 3.48. The molecule has 0 atom stereocenters. The molecular formula is C18H17FN6O3. The number of rotatable bonds is 8. The van der Waals surface area contributed by atoms with Crippen molar-refractivity contribution >= 4 is 23.0 Å². The van der Waals surface area contributed by atoms with Gasteiger partial charge in [0.25, 0.3) is 5.69 Å². The lowest BCUT2D eigenvalue weighted by Crippen LogP contribution is -2.14. The van der Waals surface area contributed by atoms with E-state index in [0.717, 1.165) is 5.69 Å². The predicted octanol–water partition coefficient (Wildman–Crippen LogP) is 3.15. The summed E-state index contributed by atoms with van der Waals surface area (Å²) in [5, 5.41) is 20.2. The Morgan fingerprint density at radius 3 is 2.57 bits per heavy atom. The number of nitro groups is 1. The van der Waals surface area contributed by atoms with Crippen LogP contribution in [0.1, 0.15) is 12.8 Å². The van der Waals surface area contributed by atoms with Gasteiger partial charge in [0.2, 0.25) is 5.91 Å². The molecule has 0 unspecified atom stereocenters. The summed E-state index contributed by atoms with van der Waals surface area (Å²) in [5.41, 5.74) is 1.35. The highest BCUT2D eigenvalue weighted by Crippen LogP contribution is 2.18. The van der Waals surface area contributed by atoms with Crippen LogP contribution < -0.4 is 10.6 Å². The third-order valence-electron chi connectivity index (χ3n) is 3.88. The first-order chi connectivity index (χ1) is 13.5. The second kappa shape index (κ2) is 8.71. The number of nitrogens with one attached hydrogen (secondary N) is 2. The monoisotopic (exact) mass is 384 g/mol. The fourth-order valence-electron chi connectivity index (χ4n) is 2.51. The number of benzene rings is 2. The van der Waals surface area contributed by atoms with E-state index in [4.69, 9.17) is 0 Å². The van der Waals surface area contributed by atoms with Gasteiger partial charge in [-0.05, 0) is 36.8 Å². The Balaban J connectivity index is 1.44. The number of amides is 1. The summed E-state index contributed by atoms with van der Waals surface area (Å²) in [5.74, 6) is -0.762. The van der Waals surface area contributed by atoms with Crippen LogP contribution in [0, 0.1) is 15.9 Å². The molecule has 28 heavy (non-hydrogen) atoms. The molecule has 1 heterocycles. The van der Waals surface area contributed by atoms with Gasteiger partial charge in [-0.1, -0.05) is 0 Å². The number of aromatic nitrogens is 3. The van der Waals surface area contributed by atoms with E-state index in [0.29, 0.717) is 18.7 Å². The van der Waals surface area contributed by atoms with Gasteiger partial charge in [0.15, 0.2) is 5.82 Å². The summed E-state index contributed by atoms with van der Waals surface area (Å²) < 4.78 is 15.4. The van der Waals surface area contributed by atoms with Gasteiger partial charge in [-0.2, -0.15) is 5.10 Å². The molecule has 10 heteroatoms. The topological polar surface area (TPSA) is 115 Å². The SMILES string of the molecule is O=C(CCCNc1ccc([N+](=O)[O-])cc1)Nc1ccc(-n2cncn2)c(F)c1. The number of nitro benzene ring substituents is 1. The Morgan fingerprint density at radius 1 is 1.18 bits per heavy atom. The molecule has 0 saturated carbocycles. The first kappa shape index (κ1) is 19.0. The molecule has 1 aromatic heterocycles. The molecule has 2 aromatic carbocycles. The van der Waals surface area contributed by atoms with E-state index in [1.807, 2.05) is 0 Å². The lowest BCUT2D eigenvalue weighted by molar-refractivity contribution is -0.384. The number of anilines is 2. The standard InChI is InChI=1S/C18H17FN6O3/c19-16-10-14(5-8-17(16)24-12-20-11-22-24)23-18(26)2-1-9-21-13-3-6-15(7-4-13)25(27)28/h3-8,10-12,21H,1-2,9H2,(H,23,26). The molecule has 0 fully saturated rings. The average molecular weight is 384 g/mol. The second-order valence-electron chi connectivity index (χ2n) is 5.89. The van der Waals surface area contributed by atoms with Crippen LogP contribution in [0.2, 0.25) is 0 Å². The van der Waals surface area contributed by atoms with Crippen LogP contribution in [0.5, 0.6) is 0 Å². The van der Waals surface area contributed by atoms with Crippen LogP contribution in [0.25, 0.3) is 5.69 Å². The Kier molecular flexibility index (Phi) is 5.90. The van der Waals surface area contributed by atoms with Crippen LogP contribution in [0.3, 0.4) is 0 Å². The van der Waals surface area contributed by atoms with Crippen LogP contribution in [-0.2, 0) is 4.79 Å². The number of hydrogen-bond acceptors (Lipinski definition) is 6. The van der Waals surface area contributed by atoms with E-state index in [1.54, 1.807) is 18.2 Å².